The van der Waals surface area contributed by atoms with Gasteiger partial charge in [0.05, 0.1) is 0 Å². The summed E-state index contributed by atoms with van der Waals surface area (Å²) in [6.07, 6.45) is 15.8. The number of likely N-dealkylation sites (N-methyl/N-ethyl adjacent to an activating group) is 1. The second-order valence-corrected chi connectivity index (χ2v) is 16.6. The number of rotatable bonds is 14. The zero-order valence-corrected chi connectivity index (χ0v) is 29.8. The summed E-state index contributed by atoms with van der Waals surface area (Å²) >= 11 is 0. The Morgan fingerprint density at radius 3 is 2.35 bits per heavy atom. The molecule has 258 valence electrons. The summed E-state index contributed by atoms with van der Waals surface area (Å²) < 4.78 is 5.91. The van der Waals surface area contributed by atoms with E-state index in [0.717, 1.165) is 61.3 Å². The first-order valence-corrected chi connectivity index (χ1v) is 18.4. The summed E-state index contributed by atoms with van der Waals surface area (Å²) in [4.78, 5) is 38.7. The normalized spacial score (nSPS) is 32.8. The molecule has 0 heterocycles. The van der Waals surface area contributed by atoms with Crippen molar-refractivity contribution in [3.8, 4) is 0 Å². The number of hydrogen-bond donors (Lipinski definition) is 3. The lowest BCUT2D eigenvalue weighted by Gasteiger charge is -2.58. The van der Waals surface area contributed by atoms with E-state index in [9.17, 15) is 14.4 Å². The lowest BCUT2D eigenvalue weighted by atomic mass is 9.47. The van der Waals surface area contributed by atoms with Gasteiger partial charge in [-0.2, -0.15) is 0 Å². The van der Waals surface area contributed by atoms with Crippen LogP contribution in [0.5, 0.6) is 0 Å². The van der Waals surface area contributed by atoms with Crippen molar-refractivity contribution in [2.45, 2.75) is 111 Å². The van der Waals surface area contributed by atoms with E-state index >= 15 is 0 Å². The molecule has 8 nitrogen and oxygen atoms in total. The second kappa shape index (κ2) is 14.4. The lowest BCUT2D eigenvalue weighted by molar-refractivity contribution is -0.0581. The summed E-state index contributed by atoms with van der Waals surface area (Å²) in [7, 11) is 3.90. The molecule has 1 aromatic rings. The summed E-state index contributed by atoms with van der Waals surface area (Å²) in [6, 6.07) is 0. The van der Waals surface area contributed by atoms with E-state index in [-0.39, 0.29) is 11.5 Å². The zero-order valence-electron chi connectivity index (χ0n) is 29.8. The second-order valence-electron chi connectivity index (χ2n) is 16.6. The van der Waals surface area contributed by atoms with Gasteiger partial charge in [0, 0.05) is 32.6 Å². The maximum atomic E-state index is 12.7. The molecule has 0 bridgehead atoms. The molecule has 0 aliphatic heterocycles. The van der Waals surface area contributed by atoms with Crippen molar-refractivity contribution < 1.29 is 9.53 Å². The first-order valence-electron chi connectivity index (χ1n) is 18.4. The van der Waals surface area contributed by atoms with Crippen molar-refractivity contribution in [3.63, 3.8) is 0 Å². The fourth-order valence-electron chi connectivity index (χ4n) is 10.4. The Kier molecular flexibility index (Phi) is 11.0. The highest BCUT2D eigenvalue weighted by Gasteiger charge is 2.59. The van der Waals surface area contributed by atoms with E-state index in [2.05, 4.69) is 56.6 Å². The highest BCUT2D eigenvalue weighted by molar-refractivity contribution is 5.74. The van der Waals surface area contributed by atoms with Crippen molar-refractivity contribution >= 4 is 17.5 Å². The smallest absolute Gasteiger partial charge is 0.407 e. The average molecular weight is 639 g/mol. The number of alkyl carbamates (subject to hydrolysis) is 1. The van der Waals surface area contributed by atoms with Gasteiger partial charge in [0.15, 0.2) is 0 Å². The molecule has 3 N–H and O–H groups in total. The van der Waals surface area contributed by atoms with Crippen LogP contribution in [0, 0.1) is 46.3 Å². The van der Waals surface area contributed by atoms with Gasteiger partial charge in [0.2, 0.25) is 0 Å². The average Bonchev–Trinajstić information content (AvgIpc) is 3.36. The van der Waals surface area contributed by atoms with Gasteiger partial charge in [-0.05, 0) is 105 Å². The van der Waals surface area contributed by atoms with Crippen LogP contribution < -0.4 is 26.8 Å². The number of anilines is 2. The fourth-order valence-corrected chi connectivity index (χ4v) is 10.4. The molecule has 8 heteroatoms. The molecule has 0 unspecified atom stereocenters. The Morgan fingerprint density at radius 1 is 0.935 bits per heavy atom. The Labute approximate surface area is 277 Å². The molecule has 0 aromatic heterocycles. The van der Waals surface area contributed by atoms with E-state index < -0.39 is 17.0 Å². The Bertz CT molecular complexity index is 1310. The van der Waals surface area contributed by atoms with E-state index in [0.29, 0.717) is 36.4 Å². The molecular formula is C38H62N4O4. The maximum absolute atomic E-state index is 12.7. The van der Waals surface area contributed by atoms with Crippen LogP contribution in [-0.2, 0) is 4.74 Å². The van der Waals surface area contributed by atoms with Gasteiger partial charge in [-0.1, -0.05) is 65.5 Å². The molecule has 46 heavy (non-hydrogen) atoms. The third kappa shape index (κ3) is 7.07. The van der Waals surface area contributed by atoms with E-state index in [4.69, 9.17) is 4.74 Å². The van der Waals surface area contributed by atoms with Crippen LogP contribution in [0.25, 0.3) is 0 Å². The first kappa shape index (κ1) is 35.0. The topological polar surface area (TPSA) is 99.8 Å². The van der Waals surface area contributed by atoms with Crippen LogP contribution in [-0.4, -0.2) is 57.4 Å². The number of amides is 1. The summed E-state index contributed by atoms with van der Waals surface area (Å²) in [5, 5.41) is 8.88. The number of nitrogens with one attached hydrogen (secondary N) is 3. The van der Waals surface area contributed by atoms with Crippen molar-refractivity contribution in [3.05, 3.63) is 32.1 Å². The molecule has 4 aliphatic carbocycles. The Hall–Kier alpha value is -2.35. The van der Waals surface area contributed by atoms with Gasteiger partial charge in [-0.15, -0.1) is 0 Å². The van der Waals surface area contributed by atoms with Crippen molar-refractivity contribution in [2.24, 2.45) is 46.3 Å². The van der Waals surface area contributed by atoms with E-state index in [1.54, 1.807) is 0 Å². The van der Waals surface area contributed by atoms with Gasteiger partial charge in [0.25, 0.3) is 10.9 Å². The maximum Gasteiger partial charge on any atom is 0.407 e. The van der Waals surface area contributed by atoms with Crippen LogP contribution in [0.1, 0.15) is 105 Å². The molecule has 0 radical (unpaired) electrons. The van der Waals surface area contributed by atoms with Gasteiger partial charge in [0.1, 0.15) is 17.5 Å². The molecule has 4 aliphatic rings. The largest absolute Gasteiger partial charge is 0.446 e. The number of ether oxygens (including phenoxy) is 1. The van der Waals surface area contributed by atoms with Crippen molar-refractivity contribution in [2.75, 3.05) is 50.9 Å². The standard InChI is InChI=1S/C38H62N4O4/c1-24(2)9-8-10-25(3)29-13-14-30-28-12-11-26-23-27(15-17-37(26,4)31(28)16-18-38(29,30)5)46-36(45)41-20-19-39-32-33(35(44)34(32)43)40-21-22-42(6)7/h11,24-25,27-31,39-40H,8-10,12-23H2,1-7H3,(H,41,45)/t25-,27+,28+,29-,30+,31+,37+,38-/m1/s1. The minimum atomic E-state index is -0.509. The molecule has 3 fully saturated rings. The first-order chi connectivity index (χ1) is 21.8. The highest BCUT2D eigenvalue weighted by Crippen LogP contribution is 2.67. The third-order valence-electron chi connectivity index (χ3n) is 13.0. The Balaban J connectivity index is 1.09. The molecule has 5 rings (SSSR count). The summed E-state index contributed by atoms with van der Waals surface area (Å²) in [5.41, 5.74) is 1.89. The SMILES string of the molecule is CC(C)CCC[C@@H](C)[C@H]1CC[C@H]2[C@@H]3CC=C4C[C@@H](OC(=O)NCCNc5c(NCCN(C)C)c(=O)c5=O)CC[C@]4(C)[C@H]3CC[C@]12C. The monoisotopic (exact) mass is 638 g/mol. The van der Waals surface area contributed by atoms with Gasteiger partial charge in [-0.25, -0.2) is 4.79 Å². The predicted octanol–water partition coefficient (Wildman–Crippen LogP) is 6.80. The minimum absolute atomic E-state index is 0.0960. The number of allylic oxidation sites excluding steroid dienone is 1. The van der Waals surface area contributed by atoms with Crippen LogP contribution in [0.3, 0.4) is 0 Å². The van der Waals surface area contributed by atoms with Crippen LogP contribution in [0.2, 0.25) is 0 Å². The number of nitrogens with zero attached hydrogens (tertiary/aromatic N) is 1. The predicted molar refractivity (Wildman–Crippen MR) is 188 cm³/mol. The molecule has 0 saturated heterocycles. The van der Waals surface area contributed by atoms with Gasteiger partial charge < -0.3 is 25.6 Å². The summed E-state index contributed by atoms with van der Waals surface area (Å²) in [5.74, 6) is 4.91. The third-order valence-corrected chi connectivity index (χ3v) is 13.0. The highest BCUT2D eigenvalue weighted by atomic mass is 16.6. The van der Waals surface area contributed by atoms with E-state index in [1.807, 2.05) is 19.0 Å². The molecule has 1 amide bonds. The lowest BCUT2D eigenvalue weighted by Crippen LogP contribution is -2.51. The Morgan fingerprint density at radius 2 is 1.65 bits per heavy atom. The van der Waals surface area contributed by atoms with Gasteiger partial charge in [-0.3, -0.25) is 9.59 Å². The molecule has 1 aromatic carbocycles. The van der Waals surface area contributed by atoms with Crippen LogP contribution >= 0.6 is 0 Å². The quantitative estimate of drug-likeness (QED) is 0.117. The number of fused-ring (bicyclic) bond motifs is 5. The number of hydrogen-bond acceptors (Lipinski definition) is 7. The minimum Gasteiger partial charge on any atom is -0.446 e. The van der Waals surface area contributed by atoms with Crippen LogP contribution in [0.4, 0.5) is 16.2 Å². The van der Waals surface area contributed by atoms with Crippen molar-refractivity contribution in [1.82, 2.24) is 10.2 Å². The fraction of sp³-hybridized carbons (Fsp3) is 0.816. The molecule has 0 spiro atoms. The number of carbonyl (C=O) groups is 1. The summed E-state index contributed by atoms with van der Waals surface area (Å²) in [6.45, 7) is 14.4. The van der Waals surface area contributed by atoms with Crippen molar-refractivity contribution in [1.29, 1.82) is 0 Å². The zero-order chi connectivity index (χ0) is 33.2. The van der Waals surface area contributed by atoms with Crippen LogP contribution in [0.15, 0.2) is 21.2 Å². The molecule has 8 atom stereocenters. The van der Waals surface area contributed by atoms with E-state index in [1.165, 1.54) is 56.9 Å². The van der Waals surface area contributed by atoms with Gasteiger partial charge >= 0.3 is 6.09 Å². The molecular weight excluding hydrogens is 576 g/mol. The molecule has 3 saturated carbocycles. The number of carbonyl (C=O) groups excluding carboxylic acids is 1.